The number of nitrogens with zero attached hydrogens (tertiary/aromatic N) is 4. The lowest BCUT2D eigenvalue weighted by Crippen LogP contribution is -2.31. The van der Waals surface area contributed by atoms with Crippen molar-refractivity contribution in [3.63, 3.8) is 0 Å². The Morgan fingerprint density at radius 3 is 2.83 bits per heavy atom. The predicted octanol–water partition coefficient (Wildman–Crippen LogP) is 5.25. The summed E-state index contributed by atoms with van der Waals surface area (Å²) in [6, 6.07) is 17.4. The lowest BCUT2D eigenvalue weighted by Gasteiger charge is -2.28. The van der Waals surface area contributed by atoms with Crippen molar-refractivity contribution in [3.8, 4) is 5.75 Å². The molecule has 0 radical (unpaired) electrons. The lowest BCUT2D eigenvalue weighted by molar-refractivity contribution is -0.113. The van der Waals surface area contributed by atoms with Crippen LogP contribution in [-0.4, -0.2) is 30.8 Å². The Balaban J connectivity index is 1.50. The molecule has 0 unspecified atom stereocenters. The van der Waals surface area contributed by atoms with Gasteiger partial charge in [-0.3, -0.25) is 9.78 Å². The van der Waals surface area contributed by atoms with Gasteiger partial charge in [-0.15, -0.1) is 5.10 Å². The van der Waals surface area contributed by atoms with E-state index in [-0.39, 0.29) is 11.7 Å². The molecule has 1 aliphatic heterocycles. The molecule has 10 heteroatoms. The van der Waals surface area contributed by atoms with E-state index in [0.717, 1.165) is 5.56 Å². The van der Waals surface area contributed by atoms with Gasteiger partial charge in [-0.2, -0.15) is 4.98 Å². The number of phenols is 1. The van der Waals surface area contributed by atoms with Crippen molar-refractivity contribution < 1.29 is 9.90 Å². The molecule has 1 amide bonds. The summed E-state index contributed by atoms with van der Waals surface area (Å²) < 4.78 is 1.68. The zero-order chi connectivity index (χ0) is 24.4. The van der Waals surface area contributed by atoms with Gasteiger partial charge >= 0.3 is 0 Å². The van der Waals surface area contributed by atoms with Crippen LogP contribution >= 0.6 is 23.4 Å². The number of benzene rings is 2. The van der Waals surface area contributed by atoms with Gasteiger partial charge in [0.15, 0.2) is 0 Å². The van der Waals surface area contributed by atoms with E-state index in [1.54, 1.807) is 47.4 Å². The molecule has 4 aromatic rings. The molecule has 0 fully saturated rings. The maximum Gasteiger partial charge on any atom is 0.255 e. The molecule has 1 atom stereocenters. The van der Waals surface area contributed by atoms with Gasteiger partial charge in [-0.25, -0.2) is 4.68 Å². The van der Waals surface area contributed by atoms with Crippen LogP contribution in [0.1, 0.15) is 24.1 Å². The molecule has 2 aromatic heterocycles. The highest BCUT2D eigenvalue weighted by Crippen LogP contribution is 2.38. The Bertz CT molecular complexity index is 1420. The molecule has 5 rings (SSSR count). The number of carbonyl (C=O) groups excluding carboxylic acids is 1. The number of amides is 1. The summed E-state index contributed by atoms with van der Waals surface area (Å²) in [5.74, 6) is 0.902. The molecule has 35 heavy (non-hydrogen) atoms. The summed E-state index contributed by atoms with van der Waals surface area (Å²) in [4.78, 5) is 22.1. The van der Waals surface area contributed by atoms with E-state index in [1.165, 1.54) is 11.8 Å². The number of thioether (sulfide) groups is 1. The molecule has 3 heterocycles. The molecule has 176 valence electrons. The Labute approximate surface area is 211 Å². The summed E-state index contributed by atoms with van der Waals surface area (Å²) in [5.41, 5.74) is 3.36. The number of phenolic OH excluding ortho intramolecular Hbond substituents is 1. The third kappa shape index (κ3) is 4.87. The minimum absolute atomic E-state index is 0.0979. The SMILES string of the molecule is CC1=C(C(=O)Nc2cccnc2)[C@@H](c2cccc(O)c2)n2nc(SCc3ccccc3Cl)nc2N1. The van der Waals surface area contributed by atoms with Crippen LogP contribution in [0.4, 0.5) is 11.6 Å². The summed E-state index contributed by atoms with van der Waals surface area (Å²) in [6.45, 7) is 1.82. The lowest BCUT2D eigenvalue weighted by atomic mass is 9.95. The molecule has 8 nitrogen and oxygen atoms in total. The zero-order valence-corrected chi connectivity index (χ0v) is 20.2. The fraction of sp³-hybridized carbons (Fsp3) is 0.120. The van der Waals surface area contributed by atoms with Gasteiger partial charge in [-0.1, -0.05) is 53.7 Å². The van der Waals surface area contributed by atoms with Crippen LogP contribution in [0.5, 0.6) is 5.75 Å². The Morgan fingerprint density at radius 2 is 2.06 bits per heavy atom. The van der Waals surface area contributed by atoms with Crippen LogP contribution in [0.2, 0.25) is 5.02 Å². The first kappa shape index (κ1) is 22.9. The summed E-state index contributed by atoms with van der Waals surface area (Å²) >= 11 is 7.75. The number of anilines is 2. The third-order valence-electron chi connectivity index (χ3n) is 5.50. The van der Waals surface area contributed by atoms with Gasteiger partial charge in [0.05, 0.1) is 17.5 Å². The summed E-state index contributed by atoms with van der Waals surface area (Å²) in [7, 11) is 0. The van der Waals surface area contributed by atoms with Gasteiger partial charge in [0.25, 0.3) is 5.91 Å². The van der Waals surface area contributed by atoms with Gasteiger partial charge in [0.2, 0.25) is 11.1 Å². The van der Waals surface area contributed by atoms with Crippen LogP contribution < -0.4 is 10.6 Å². The minimum Gasteiger partial charge on any atom is -0.508 e. The van der Waals surface area contributed by atoms with Crippen molar-refractivity contribution in [2.45, 2.75) is 23.9 Å². The van der Waals surface area contributed by atoms with Crippen molar-refractivity contribution >= 4 is 40.9 Å². The van der Waals surface area contributed by atoms with E-state index in [4.69, 9.17) is 16.7 Å². The highest BCUT2D eigenvalue weighted by molar-refractivity contribution is 7.98. The highest BCUT2D eigenvalue weighted by Gasteiger charge is 2.34. The number of hydrogen-bond donors (Lipinski definition) is 3. The summed E-state index contributed by atoms with van der Waals surface area (Å²) in [5, 5.41) is 22.2. The smallest absolute Gasteiger partial charge is 0.255 e. The van der Waals surface area contributed by atoms with E-state index in [1.807, 2.05) is 37.3 Å². The molecule has 0 spiro atoms. The summed E-state index contributed by atoms with van der Waals surface area (Å²) in [6.07, 6.45) is 3.22. The van der Waals surface area contributed by atoms with Gasteiger partial charge in [0.1, 0.15) is 11.8 Å². The van der Waals surface area contributed by atoms with E-state index >= 15 is 0 Å². The van der Waals surface area contributed by atoms with E-state index in [2.05, 4.69) is 20.6 Å². The van der Waals surface area contributed by atoms with Gasteiger partial charge in [0, 0.05) is 22.7 Å². The first-order valence-corrected chi connectivity index (χ1v) is 12.2. The Morgan fingerprint density at radius 1 is 1.20 bits per heavy atom. The van der Waals surface area contributed by atoms with Crippen LogP contribution in [-0.2, 0) is 10.5 Å². The molecule has 0 aliphatic carbocycles. The molecule has 0 bridgehead atoms. The van der Waals surface area contributed by atoms with E-state index in [0.29, 0.717) is 44.4 Å². The average Bonchev–Trinajstić information content (AvgIpc) is 3.25. The van der Waals surface area contributed by atoms with Crippen LogP contribution in [0.3, 0.4) is 0 Å². The van der Waals surface area contributed by atoms with Gasteiger partial charge in [-0.05, 0) is 48.4 Å². The topological polar surface area (TPSA) is 105 Å². The average molecular weight is 505 g/mol. The first-order chi connectivity index (χ1) is 17.0. The van der Waals surface area contributed by atoms with Crippen molar-refractivity contribution in [3.05, 3.63) is 100 Å². The predicted molar refractivity (Wildman–Crippen MR) is 136 cm³/mol. The molecule has 3 N–H and O–H groups in total. The largest absolute Gasteiger partial charge is 0.508 e. The monoisotopic (exact) mass is 504 g/mol. The molecule has 2 aromatic carbocycles. The van der Waals surface area contributed by atoms with Crippen molar-refractivity contribution in [2.24, 2.45) is 0 Å². The Kier molecular flexibility index (Phi) is 6.43. The van der Waals surface area contributed by atoms with Crippen LogP contribution in [0.15, 0.2) is 89.5 Å². The Hall–Kier alpha value is -3.82. The number of aromatic nitrogens is 4. The van der Waals surface area contributed by atoms with E-state index < -0.39 is 6.04 Å². The highest BCUT2D eigenvalue weighted by atomic mass is 35.5. The number of halogens is 1. The number of nitrogens with one attached hydrogen (secondary N) is 2. The number of aromatic hydroxyl groups is 1. The zero-order valence-electron chi connectivity index (χ0n) is 18.6. The fourth-order valence-electron chi connectivity index (χ4n) is 3.88. The van der Waals surface area contributed by atoms with Crippen molar-refractivity contribution in [2.75, 3.05) is 10.6 Å². The molecule has 0 saturated carbocycles. The number of allylic oxidation sites excluding steroid dienone is 1. The normalized spacial score (nSPS) is 14.9. The van der Waals surface area contributed by atoms with Crippen molar-refractivity contribution in [1.29, 1.82) is 0 Å². The maximum atomic E-state index is 13.4. The second kappa shape index (κ2) is 9.81. The maximum absolute atomic E-state index is 13.4. The second-order valence-electron chi connectivity index (χ2n) is 7.90. The second-order valence-corrected chi connectivity index (χ2v) is 9.25. The third-order valence-corrected chi connectivity index (χ3v) is 6.75. The molecular formula is C25H21ClN6O2S. The molecular weight excluding hydrogens is 484 g/mol. The molecule has 0 saturated heterocycles. The minimum atomic E-state index is -0.600. The standard InChI is InChI=1S/C25H21ClN6O2S/c1-15-21(23(34)29-18-8-5-11-27-13-18)22(16-7-4-9-19(33)12-16)32-24(28-15)30-25(31-32)35-14-17-6-2-3-10-20(17)26/h2-13,22,33H,14H2,1H3,(H,29,34)(H,28,30,31)/t22-/m1/s1. The van der Waals surface area contributed by atoms with E-state index in [9.17, 15) is 9.90 Å². The fourth-order valence-corrected chi connectivity index (χ4v) is 5.00. The molecule has 1 aliphatic rings. The van der Waals surface area contributed by atoms with Crippen LogP contribution in [0.25, 0.3) is 0 Å². The van der Waals surface area contributed by atoms with Crippen LogP contribution in [0, 0.1) is 0 Å². The quantitative estimate of drug-likeness (QED) is 0.308. The first-order valence-electron chi connectivity index (χ1n) is 10.8. The number of fused-ring (bicyclic) bond motifs is 1. The number of carbonyl (C=O) groups is 1. The van der Waals surface area contributed by atoms with Crippen molar-refractivity contribution in [1.82, 2.24) is 19.7 Å². The van der Waals surface area contributed by atoms with Gasteiger partial charge < -0.3 is 15.7 Å². The number of rotatable bonds is 6. The number of pyridine rings is 1. The number of hydrogen-bond acceptors (Lipinski definition) is 7.